The monoisotopic (exact) mass is 278 g/mol. The maximum atomic E-state index is 10.2. The minimum Gasteiger partial charge on any atom is -0.388 e. The highest BCUT2D eigenvalue weighted by Gasteiger charge is 2.10. The standard InChI is InChI=1S/C15H18OS2/c1-3-12-8-9-14(18-12)10-15(16)11-4-6-13(17-2)7-5-11/h4-9,15-16H,3,10H2,1-2H3. The van der Waals surface area contributed by atoms with Crippen LogP contribution in [0.2, 0.25) is 0 Å². The zero-order valence-corrected chi connectivity index (χ0v) is 12.4. The molecule has 1 aromatic carbocycles. The van der Waals surface area contributed by atoms with E-state index < -0.39 is 6.10 Å². The van der Waals surface area contributed by atoms with Gasteiger partial charge < -0.3 is 5.11 Å². The minimum atomic E-state index is -0.399. The number of aliphatic hydroxyl groups excluding tert-OH is 1. The first-order chi connectivity index (χ1) is 8.72. The highest BCUT2D eigenvalue weighted by molar-refractivity contribution is 7.98. The molecule has 0 spiro atoms. The fourth-order valence-corrected chi connectivity index (χ4v) is 3.26. The first-order valence-corrected chi connectivity index (χ1v) is 8.16. The van der Waals surface area contributed by atoms with E-state index in [9.17, 15) is 5.11 Å². The van der Waals surface area contributed by atoms with Crippen molar-refractivity contribution >= 4 is 23.1 Å². The molecule has 0 saturated heterocycles. The van der Waals surface area contributed by atoms with E-state index in [-0.39, 0.29) is 0 Å². The second-order valence-electron chi connectivity index (χ2n) is 4.21. The molecule has 1 aromatic heterocycles. The van der Waals surface area contributed by atoms with Gasteiger partial charge in [-0.3, -0.25) is 0 Å². The van der Waals surface area contributed by atoms with Crippen LogP contribution in [0.3, 0.4) is 0 Å². The molecular weight excluding hydrogens is 260 g/mol. The summed E-state index contributed by atoms with van der Waals surface area (Å²) in [6.07, 6.45) is 3.44. The van der Waals surface area contributed by atoms with Gasteiger partial charge in [-0.2, -0.15) is 0 Å². The molecule has 0 aliphatic rings. The summed E-state index contributed by atoms with van der Waals surface area (Å²) < 4.78 is 0. The highest BCUT2D eigenvalue weighted by atomic mass is 32.2. The van der Waals surface area contributed by atoms with Crippen LogP contribution in [0, 0.1) is 0 Å². The lowest BCUT2D eigenvalue weighted by Gasteiger charge is -2.10. The zero-order valence-electron chi connectivity index (χ0n) is 10.7. The summed E-state index contributed by atoms with van der Waals surface area (Å²) in [4.78, 5) is 3.87. The molecule has 0 saturated carbocycles. The zero-order chi connectivity index (χ0) is 13.0. The van der Waals surface area contributed by atoms with E-state index in [1.165, 1.54) is 14.6 Å². The molecule has 1 nitrogen and oxygen atoms in total. The quantitative estimate of drug-likeness (QED) is 0.822. The number of benzene rings is 1. The maximum absolute atomic E-state index is 10.2. The van der Waals surface area contributed by atoms with Crippen molar-refractivity contribution < 1.29 is 5.11 Å². The summed E-state index contributed by atoms with van der Waals surface area (Å²) in [5.74, 6) is 0. The van der Waals surface area contributed by atoms with Crippen LogP contribution in [0.5, 0.6) is 0 Å². The SMILES string of the molecule is CCc1ccc(CC(O)c2ccc(SC)cc2)s1. The van der Waals surface area contributed by atoms with E-state index in [2.05, 4.69) is 37.4 Å². The average molecular weight is 278 g/mol. The maximum Gasteiger partial charge on any atom is 0.0838 e. The topological polar surface area (TPSA) is 20.2 Å². The van der Waals surface area contributed by atoms with Gasteiger partial charge in [-0.05, 0) is 42.5 Å². The Kier molecular flexibility index (Phi) is 4.87. The molecule has 2 rings (SSSR count). The molecule has 0 radical (unpaired) electrons. The lowest BCUT2D eigenvalue weighted by atomic mass is 10.1. The van der Waals surface area contributed by atoms with Crippen LogP contribution in [-0.2, 0) is 12.8 Å². The fraction of sp³-hybridized carbons (Fsp3) is 0.333. The predicted octanol–water partition coefficient (Wildman–Crippen LogP) is 4.31. The van der Waals surface area contributed by atoms with Crippen LogP contribution >= 0.6 is 23.1 Å². The van der Waals surface area contributed by atoms with Crippen LogP contribution in [0.25, 0.3) is 0 Å². The van der Waals surface area contributed by atoms with E-state index >= 15 is 0 Å². The van der Waals surface area contributed by atoms with Crippen LogP contribution in [0.4, 0.5) is 0 Å². The second-order valence-corrected chi connectivity index (χ2v) is 6.35. The number of thioether (sulfide) groups is 1. The molecule has 0 fully saturated rings. The van der Waals surface area contributed by atoms with Crippen molar-refractivity contribution in [3.05, 3.63) is 51.7 Å². The van der Waals surface area contributed by atoms with Crippen LogP contribution < -0.4 is 0 Å². The summed E-state index contributed by atoms with van der Waals surface area (Å²) in [7, 11) is 0. The lowest BCUT2D eigenvalue weighted by molar-refractivity contribution is 0.179. The van der Waals surface area contributed by atoms with E-state index in [1.54, 1.807) is 23.1 Å². The summed E-state index contributed by atoms with van der Waals surface area (Å²) >= 11 is 3.52. The van der Waals surface area contributed by atoms with E-state index in [0.717, 1.165) is 12.0 Å². The van der Waals surface area contributed by atoms with Crippen LogP contribution in [-0.4, -0.2) is 11.4 Å². The summed E-state index contributed by atoms with van der Waals surface area (Å²) in [5, 5.41) is 10.2. The second kappa shape index (κ2) is 6.41. The molecule has 3 heteroatoms. The van der Waals surface area contributed by atoms with E-state index in [1.807, 2.05) is 12.1 Å². The van der Waals surface area contributed by atoms with Crippen molar-refractivity contribution in [3.8, 4) is 0 Å². The third-order valence-electron chi connectivity index (χ3n) is 2.96. The Morgan fingerprint density at radius 3 is 2.33 bits per heavy atom. The Morgan fingerprint density at radius 2 is 1.78 bits per heavy atom. The van der Waals surface area contributed by atoms with Crippen LogP contribution in [0.1, 0.15) is 28.3 Å². The average Bonchev–Trinajstić information content (AvgIpc) is 2.86. The Balaban J connectivity index is 2.03. The first kappa shape index (κ1) is 13.7. The van der Waals surface area contributed by atoms with Crippen molar-refractivity contribution in [1.82, 2.24) is 0 Å². The fourth-order valence-electron chi connectivity index (χ4n) is 1.86. The molecular formula is C15H18OS2. The van der Waals surface area contributed by atoms with Gasteiger partial charge in [-0.25, -0.2) is 0 Å². The molecule has 1 N–H and O–H groups in total. The van der Waals surface area contributed by atoms with Crippen molar-refractivity contribution in [2.75, 3.05) is 6.26 Å². The molecule has 0 bridgehead atoms. The van der Waals surface area contributed by atoms with Crippen molar-refractivity contribution in [1.29, 1.82) is 0 Å². The molecule has 1 atom stereocenters. The molecule has 1 unspecified atom stereocenters. The van der Waals surface area contributed by atoms with Gasteiger partial charge in [-0.1, -0.05) is 19.1 Å². The predicted molar refractivity (Wildman–Crippen MR) is 80.6 cm³/mol. The minimum absolute atomic E-state index is 0.399. The third-order valence-corrected chi connectivity index (χ3v) is 4.96. The molecule has 0 amide bonds. The Bertz CT molecular complexity index is 487. The largest absolute Gasteiger partial charge is 0.388 e. The van der Waals surface area contributed by atoms with E-state index in [4.69, 9.17) is 0 Å². The Morgan fingerprint density at radius 1 is 1.11 bits per heavy atom. The van der Waals surface area contributed by atoms with Gasteiger partial charge in [0, 0.05) is 21.1 Å². The van der Waals surface area contributed by atoms with Crippen molar-refractivity contribution in [2.24, 2.45) is 0 Å². The number of thiophene rings is 1. The van der Waals surface area contributed by atoms with Gasteiger partial charge >= 0.3 is 0 Å². The highest BCUT2D eigenvalue weighted by Crippen LogP contribution is 2.25. The molecule has 1 heterocycles. The van der Waals surface area contributed by atoms with Gasteiger partial charge in [-0.15, -0.1) is 23.1 Å². The summed E-state index contributed by atoms with van der Waals surface area (Å²) in [6.45, 7) is 2.16. The summed E-state index contributed by atoms with van der Waals surface area (Å²) in [5.41, 5.74) is 0.999. The molecule has 96 valence electrons. The van der Waals surface area contributed by atoms with Gasteiger partial charge in [0.1, 0.15) is 0 Å². The van der Waals surface area contributed by atoms with E-state index in [0.29, 0.717) is 6.42 Å². The smallest absolute Gasteiger partial charge is 0.0838 e. The first-order valence-electron chi connectivity index (χ1n) is 6.12. The van der Waals surface area contributed by atoms with Gasteiger partial charge in [0.15, 0.2) is 0 Å². The Hall–Kier alpha value is -0.770. The van der Waals surface area contributed by atoms with Gasteiger partial charge in [0.2, 0.25) is 0 Å². The summed E-state index contributed by atoms with van der Waals surface area (Å²) in [6, 6.07) is 12.5. The number of aryl methyl sites for hydroxylation is 1. The molecule has 0 aliphatic carbocycles. The third kappa shape index (κ3) is 3.37. The van der Waals surface area contributed by atoms with Gasteiger partial charge in [0.25, 0.3) is 0 Å². The van der Waals surface area contributed by atoms with Crippen LogP contribution in [0.15, 0.2) is 41.3 Å². The number of rotatable bonds is 5. The van der Waals surface area contributed by atoms with Crippen molar-refractivity contribution in [3.63, 3.8) is 0 Å². The number of hydrogen-bond acceptors (Lipinski definition) is 3. The number of aliphatic hydroxyl groups is 1. The number of hydrogen-bond donors (Lipinski definition) is 1. The molecule has 18 heavy (non-hydrogen) atoms. The lowest BCUT2D eigenvalue weighted by Crippen LogP contribution is -2.00. The molecule has 2 aromatic rings. The Labute approximate surface area is 117 Å². The normalized spacial score (nSPS) is 12.6. The van der Waals surface area contributed by atoms with Gasteiger partial charge in [0.05, 0.1) is 6.10 Å². The molecule has 0 aliphatic heterocycles. The van der Waals surface area contributed by atoms with Crippen molar-refractivity contribution in [2.45, 2.75) is 30.8 Å².